The molecule has 3 nitrogen and oxygen atoms in total. The molecule has 3 aliphatic carbocycles. The predicted molar refractivity (Wildman–Crippen MR) is 129 cm³/mol. The maximum Gasteiger partial charge on any atom is 0.448 e. The van der Waals surface area contributed by atoms with Gasteiger partial charge in [-0.05, 0) is 73.0 Å². The smallest absolute Gasteiger partial charge is 0.377 e. The Morgan fingerprint density at radius 2 is 1.05 bits per heavy atom. The van der Waals surface area contributed by atoms with Gasteiger partial charge < -0.3 is 4.18 Å². The molecule has 0 amide bonds. The van der Waals surface area contributed by atoms with E-state index >= 15 is 0 Å². The van der Waals surface area contributed by atoms with Crippen molar-refractivity contribution in [3.05, 3.63) is 28.8 Å². The number of hydrogen-bond acceptors (Lipinski definition) is 3. The highest BCUT2D eigenvalue weighted by Crippen LogP contribution is 2.50. The molecule has 0 spiro atoms. The standard InChI is InChI=1S/C27H36F6O3S/c28-25(29)26(30,31)27(32,33)37(34,35)36-24-22(19-12-6-2-7-13-19)16-21(18-10-4-1-5-11-18)17-23(24)20-14-8-3-9-15-20/h16-20,25H,1-15H2. The molecule has 0 unspecified atom stereocenters. The Bertz CT molecular complexity index is 986. The van der Waals surface area contributed by atoms with Crippen LogP contribution in [0, 0.1) is 0 Å². The monoisotopic (exact) mass is 554 g/mol. The molecule has 1 aromatic rings. The minimum atomic E-state index is -6.44. The van der Waals surface area contributed by atoms with Gasteiger partial charge in [0.05, 0.1) is 0 Å². The van der Waals surface area contributed by atoms with Crippen molar-refractivity contribution in [1.29, 1.82) is 0 Å². The van der Waals surface area contributed by atoms with Crippen LogP contribution in [-0.2, 0) is 10.1 Å². The molecule has 210 valence electrons. The van der Waals surface area contributed by atoms with Gasteiger partial charge in [-0.25, -0.2) is 8.78 Å². The van der Waals surface area contributed by atoms with Crippen molar-refractivity contribution >= 4 is 10.1 Å². The van der Waals surface area contributed by atoms with Gasteiger partial charge in [0.25, 0.3) is 0 Å². The Morgan fingerprint density at radius 3 is 1.43 bits per heavy atom. The molecule has 0 saturated heterocycles. The number of benzene rings is 1. The second kappa shape index (κ2) is 11.3. The maximum absolute atomic E-state index is 14.5. The highest BCUT2D eigenvalue weighted by molar-refractivity contribution is 7.88. The van der Waals surface area contributed by atoms with Gasteiger partial charge in [-0.2, -0.15) is 26.0 Å². The fraction of sp³-hybridized carbons (Fsp3) is 0.778. The summed E-state index contributed by atoms with van der Waals surface area (Å²) in [4.78, 5) is 0. The van der Waals surface area contributed by atoms with Crippen LogP contribution in [0.4, 0.5) is 26.3 Å². The van der Waals surface area contributed by atoms with Crippen LogP contribution in [0.15, 0.2) is 12.1 Å². The van der Waals surface area contributed by atoms with Gasteiger partial charge in [0.1, 0.15) is 5.75 Å². The van der Waals surface area contributed by atoms with Gasteiger partial charge in [-0.15, -0.1) is 0 Å². The molecule has 0 aromatic heterocycles. The van der Waals surface area contributed by atoms with Crippen molar-refractivity contribution in [2.24, 2.45) is 0 Å². The van der Waals surface area contributed by atoms with E-state index in [1.54, 1.807) is 0 Å². The zero-order chi connectivity index (χ0) is 26.8. The Balaban J connectivity index is 1.85. The van der Waals surface area contributed by atoms with E-state index in [1.165, 1.54) is 0 Å². The van der Waals surface area contributed by atoms with Crippen LogP contribution < -0.4 is 4.18 Å². The van der Waals surface area contributed by atoms with Crippen molar-refractivity contribution in [3.8, 4) is 5.75 Å². The summed E-state index contributed by atoms with van der Waals surface area (Å²) in [7, 11) is -6.44. The first kappa shape index (κ1) is 28.6. The van der Waals surface area contributed by atoms with E-state index in [4.69, 9.17) is 4.18 Å². The van der Waals surface area contributed by atoms with Crippen molar-refractivity contribution in [1.82, 2.24) is 0 Å². The van der Waals surface area contributed by atoms with Crippen LogP contribution in [0.1, 0.15) is 131 Å². The lowest BCUT2D eigenvalue weighted by molar-refractivity contribution is -0.227. The summed E-state index contributed by atoms with van der Waals surface area (Å²) in [6.45, 7) is 0. The molecule has 3 fully saturated rings. The third kappa shape index (κ3) is 5.78. The molecule has 0 radical (unpaired) electrons. The highest BCUT2D eigenvalue weighted by Gasteiger charge is 2.72. The zero-order valence-corrected chi connectivity index (χ0v) is 21.8. The van der Waals surface area contributed by atoms with E-state index in [0.717, 1.165) is 76.2 Å². The third-order valence-electron chi connectivity index (χ3n) is 8.50. The van der Waals surface area contributed by atoms with Crippen molar-refractivity contribution in [2.45, 2.75) is 132 Å². The Labute approximate surface area is 215 Å². The molecule has 37 heavy (non-hydrogen) atoms. The molecule has 0 atom stereocenters. The Hall–Kier alpha value is -1.45. The molecule has 1 aromatic carbocycles. The number of alkyl halides is 6. The summed E-state index contributed by atoms with van der Waals surface area (Å²) in [6, 6.07) is 3.65. The quantitative estimate of drug-likeness (QED) is 0.238. The first-order chi connectivity index (χ1) is 17.5. The molecule has 3 saturated carbocycles. The average molecular weight is 555 g/mol. The molecule has 0 bridgehead atoms. The molecular formula is C27H36F6O3S. The van der Waals surface area contributed by atoms with Gasteiger partial charge in [0.15, 0.2) is 0 Å². The van der Waals surface area contributed by atoms with Crippen LogP contribution in [0.25, 0.3) is 0 Å². The summed E-state index contributed by atoms with van der Waals surface area (Å²) < 4.78 is 112. The summed E-state index contributed by atoms with van der Waals surface area (Å²) in [5.41, 5.74) is 1.90. The zero-order valence-electron chi connectivity index (χ0n) is 21.0. The highest BCUT2D eigenvalue weighted by atomic mass is 32.2. The molecule has 0 aliphatic heterocycles. The topological polar surface area (TPSA) is 43.4 Å². The molecule has 0 N–H and O–H groups in total. The fourth-order valence-electron chi connectivity index (χ4n) is 6.36. The van der Waals surface area contributed by atoms with E-state index in [1.807, 2.05) is 12.1 Å². The van der Waals surface area contributed by atoms with Crippen LogP contribution in [-0.4, -0.2) is 26.0 Å². The SMILES string of the molecule is O=S(=O)(Oc1c(C2CCCCC2)cc(C2CCCCC2)cc1C1CCCCC1)C(F)(F)C(F)(F)C(F)F. The summed E-state index contributed by atoms with van der Waals surface area (Å²) >= 11 is 0. The molecular weight excluding hydrogens is 518 g/mol. The third-order valence-corrected chi connectivity index (χ3v) is 9.79. The number of hydrogen-bond donors (Lipinski definition) is 0. The normalized spacial score (nSPS) is 21.9. The minimum Gasteiger partial charge on any atom is -0.377 e. The largest absolute Gasteiger partial charge is 0.448 e. The van der Waals surface area contributed by atoms with Gasteiger partial charge >= 0.3 is 27.7 Å². The summed E-state index contributed by atoms with van der Waals surface area (Å²) in [6.07, 6.45) is 8.51. The van der Waals surface area contributed by atoms with E-state index in [0.29, 0.717) is 36.8 Å². The van der Waals surface area contributed by atoms with Gasteiger partial charge in [-0.1, -0.05) is 69.9 Å². The van der Waals surface area contributed by atoms with Gasteiger partial charge in [0.2, 0.25) is 0 Å². The average Bonchev–Trinajstić information content (AvgIpc) is 2.89. The van der Waals surface area contributed by atoms with E-state index in [2.05, 4.69) is 0 Å². The van der Waals surface area contributed by atoms with Crippen LogP contribution >= 0.6 is 0 Å². The Morgan fingerprint density at radius 1 is 0.676 bits per heavy atom. The van der Waals surface area contributed by atoms with Crippen LogP contribution in [0.3, 0.4) is 0 Å². The minimum absolute atomic E-state index is 0.172. The number of halogens is 6. The van der Waals surface area contributed by atoms with Crippen LogP contribution in [0.5, 0.6) is 5.75 Å². The summed E-state index contributed by atoms with van der Waals surface area (Å²) in [5.74, 6) is -6.52. The lowest BCUT2D eigenvalue weighted by Gasteiger charge is -2.33. The van der Waals surface area contributed by atoms with E-state index in [-0.39, 0.29) is 23.5 Å². The maximum atomic E-state index is 14.5. The van der Waals surface area contributed by atoms with E-state index in [9.17, 15) is 34.8 Å². The van der Waals surface area contributed by atoms with Crippen molar-refractivity contribution in [3.63, 3.8) is 0 Å². The second-order valence-electron chi connectivity index (χ2n) is 11.0. The number of rotatable bonds is 8. The first-order valence-corrected chi connectivity index (χ1v) is 15.0. The molecule has 10 heteroatoms. The second-order valence-corrected chi connectivity index (χ2v) is 12.6. The fourth-order valence-corrected chi connectivity index (χ4v) is 7.29. The van der Waals surface area contributed by atoms with Gasteiger partial charge in [-0.3, -0.25) is 0 Å². The summed E-state index contributed by atoms with van der Waals surface area (Å²) in [5, 5.41) is -6.09. The van der Waals surface area contributed by atoms with Crippen molar-refractivity contribution < 1.29 is 38.9 Å². The van der Waals surface area contributed by atoms with Gasteiger partial charge in [0, 0.05) is 0 Å². The van der Waals surface area contributed by atoms with Crippen molar-refractivity contribution in [2.75, 3.05) is 0 Å². The first-order valence-electron chi connectivity index (χ1n) is 13.6. The molecule has 3 aliphatic rings. The lowest BCUT2D eigenvalue weighted by Crippen LogP contribution is -2.53. The molecule has 4 rings (SSSR count). The lowest BCUT2D eigenvalue weighted by atomic mass is 9.75. The Kier molecular flexibility index (Phi) is 8.76. The van der Waals surface area contributed by atoms with Crippen LogP contribution in [0.2, 0.25) is 0 Å². The predicted octanol–water partition coefficient (Wildman–Crippen LogP) is 9.03. The molecule has 0 heterocycles. The van der Waals surface area contributed by atoms with E-state index < -0.39 is 27.7 Å².